The van der Waals surface area contributed by atoms with Gasteiger partial charge in [-0.2, -0.15) is 0 Å². The Labute approximate surface area is 129 Å². The van der Waals surface area contributed by atoms with E-state index in [1.165, 1.54) is 12.1 Å². The Hall–Kier alpha value is -2.31. The molecule has 1 aliphatic heterocycles. The van der Waals surface area contributed by atoms with Crippen LogP contribution < -0.4 is 10.2 Å². The second-order valence-corrected chi connectivity index (χ2v) is 6.35. The van der Waals surface area contributed by atoms with Crippen LogP contribution in [0.1, 0.15) is 27.2 Å². The van der Waals surface area contributed by atoms with Gasteiger partial charge in [0.25, 0.3) is 5.69 Å². The van der Waals surface area contributed by atoms with E-state index in [4.69, 9.17) is 4.74 Å². The molecule has 1 amide bonds. The Bertz CT molecular complexity index is 551. The minimum absolute atomic E-state index is 0.0186. The number of nitro benzene ring substituents is 1. The van der Waals surface area contributed by atoms with Gasteiger partial charge in [0.1, 0.15) is 5.60 Å². The molecule has 0 aliphatic carbocycles. The van der Waals surface area contributed by atoms with E-state index < -0.39 is 16.6 Å². The van der Waals surface area contributed by atoms with Gasteiger partial charge in [-0.25, -0.2) is 4.79 Å². The first-order valence-electron chi connectivity index (χ1n) is 7.23. The minimum atomic E-state index is -0.513. The number of nitrogens with zero attached hydrogens (tertiary/aromatic N) is 2. The number of benzene rings is 1. The normalized spacial score (nSPS) is 18.1. The van der Waals surface area contributed by atoms with E-state index in [-0.39, 0.29) is 11.7 Å². The average Bonchev–Trinajstić information content (AvgIpc) is 2.85. The van der Waals surface area contributed by atoms with Crippen LogP contribution >= 0.6 is 0 Å². The van der Waals surface area contributed by atoms with Gasteiger partial charge in [-0.3, -0.25) is 10.1 Å². The number of nitrogens with one attached hydrogen (secondary N) is 1. The molecule has 0 aromatic heterocycles. The van der Waals surface area contributed by atoms with Crippen LogP contribution in [0, 0.1) is 10.1 Å². The van der Waals surface area contributed by atoms with Crippen molar-refractivity contribution in [2.75, 3.05) is 18.0 Å². The molecule has 1 heterocycles. The third kappa shape index (κ3) is 4.34. The Morgan fingerprint density at radius 2 is 2.00 bits per heavy atom. The summed E-state index contributed by atoms with van der Waals surface area (Å²) < 4.78 is 5.24. The van der Waals surface area contributed by atoms with Crippen molar-refractivity contribution in [2.45, 2.75) is 38.8 Å². The lowest BCUT2D eigenvalue weighted by Gasteiger charge is -2.22. The van der Waals surface area contributed by atoms with Gasteiger partial charge in [0.05, 0.1) is 11.0 Å². The molecule has 120 valence electrons. The van der Waals surface area contributed by atoms with Crippen molar-refractivity contribution in [3.05, 3.63) is 34.4 Å². The summed E-state index contributed by atoms with van der Waals surface area (Å²) in [5.41, 5.74) is 0.478. The van der Waals surface area contributed by atoms with E-state index in [0.717, 1.165) is 18.7 Å². The van der Waals surface area contributed by atoms with Gasteiger partial charge in [0, 0.05) is 30.9 Å². The van der Waals surface area contributed by atoms with Crippen LogP contribution in [0.4, 0.5) is 16.2 Å². The summed E-state index contributed by atoms with van der Waals surface area (Å²) in [5.74, 6) is 0. The van der Waals surface area contributed by atoms with Gasteiger partial charge in [-0.05, 0) is 39.3 Å². The number of carbonyl (C=O) groups excluding carboxylic acids is 1. The largest absolute Gasteiger partial charge is 0.444 e. The van der Waals surface area contributed by atoms with Crippen molar-refractivity contribution in [1.82, 2.24) is 5.32 Å². The average molecular weight is 307 g/mol. The van der Waals surface area contributed by atoms with E-state index in [1.807, 2.05) is 20.8 Å². The Balaban J connectivity index is 1.89. The summed E-state index contributed by atoms with van der Waals surface area (Å²) in [4.78, 5) is 24.1. The van der Waals surface area contributed by atoms with Gasteiger partial charge < -0.3 is 15.0 Å². The SMILES string of the molecule is CC(C)(C)OC(=O)NC1CCN(c2ccc([N+](=O)[O-])cc2)C1. The predicted octanol–water partition coefficient (Wildman–Crippen LogP) is 2.70. The molecule has 1 aliphatic rings. The molecule has 1 aromatic rings. The number of alkyl carbamates (subject to hydrolysis) is 1. The first-order chi connectivity index (χ1) is 10.2. The lowest BCUT2D eigenvalue weighted by Crippen LogP contribution is -2.40. The lowest BCUT2D eigenvalue weighted by molar-refractivity contribution is -0.384. The molecule has 0 bridgehead atoms. The number of non-ortho nitro benzene ring substituents is 1. The maximum atomic E-state index is 11.8. The summed E-state index contributed by atoms with van der Waals surface area (Å²) >= 11 is 0. The van der Waals surface area contributed by atoms with Crippen molar-refractivity contribution in [3.8, 4) is 0 Å². The molecule has 0 saturated carbocycles. The third-order valence-electron chi connectivity index (χ3n) is 3.33. The maximum absolute atomic E-state index is 11.8. The molecule has 1 fully saturated rings. The Morgan fingerprint density at radius 3 is 2.55 bits per heavy atom. The molecular formula is C15H21N3O4. The monoisotopic (exact) mass is 307 g/mol. The lowest BCUT2D eigenvalue weighted by atomic mass is 10.2. The zero-order valence-electron chi connectivity index (χ0n) is 13.0. The molecule has 1 saturated heterocycles. The van der Waals surface area contributed by atoms with Crippen LogP contribution in [0.2, 0.25) is 0 Å². The van der Waals surface area contributed by atoms with E-state index in [0.29, 0.717) is 6.54 Å². The molecule has 1 unspecified atom stereocenters. The number of amides is 1. The smallest absolute Gasteiger partial charge is 0.407 e. The number of ether oxygens (including phenoxy) is 1. The number of carbonyl (C=O) groups is 1. The van der Waals surface area contributed by atoms with Gasteiger partial charge in [-0.15, -0.1) is 0 Å². The fraction of sp³-hybridized carbons (Fsp3) is 0.533. The quantitative estimate of drug-likeness (QED) is 0.685. The van der Waals surface area contributed by atoms with Crippen molar-refractivity contribution in [2.24, 2.45) is 0 Å². The van der Waals surface area contributed by atoms with Crippen molar-refractivity contribution in [3.63, 3.8) is 0 Å². The van der Waals surface area contributed by atoms with Crippen LogP contribution in [-0.2, 0) is 4.74 Å². The van der Waals surface area contributed by atoms with Gasteiger partial charge in [0.2, 0.25) is 0 Å². The first kappa shape index (κ1) is 16.1. The van der Waals surface area contributed by atoms with Crippen LogP contribution in [0.25, 0.3) is 0 Å². The topological polar surface area (TPSA) is 84.7 Å². The molecule has 22 heavy (non-hydrogen) atoms. The van der Waals surface area contributed by atoms with E-state index in [9.17, 15) is 14.9 Å². The summed E-state index contributed by atoms with van der Waals surface area (Å²) in [7, 11) is 0. The number of hydrogen-bond donors (Lipinski definition) is 1. The molecular weight excluding hydrogens is 286 g/mol. The summed E-state index contributed by atoms with van der Waals surface area (Å²) in [6, 6.07) is 6.46. The molecule has 0 spiro atoms. The third-order valence-corrected chi connectivity index (χ3v) is 3.33. The standard InChI is InChI=1S/C15H21N3O4/c1-15(2,3)22-14(19)16-11-8-9-17(10-11)12-4-6-13(7-5-12)18(20)21/h4-7,11H,8-10H2,1-3H3,(H,16,19). The highest BCUT2D eigenvalue weighted by atomic mass is 16.6. The summed E-state index contributed by atoms with van der Waals surface area (Å²) in [6.07, 6.45) is 0.402. The van der Waals surface area contributed by atoms with Crippen molar-refractivity contribution in [1.29, 1.82) is 0 Å². The number of nitro groups is 1. The minimum Gasteiger partial charge on any atom is -0.444 e. The zero-order valence-corrected chi connectivity index (χ0v) is 13.0. The molecule has 2 rings (SSSR count). The fourth-order valence-electron chi connectivity index (χ4n) is 2.37. The summed E-state index contributed by atoms with van der Waals surface area (Å²) in [5, 5.41) is 13.5. The Kier molecular flexibility index (Phi) is 4.54. The number of rotatable bonds is 3. The maximum Gasteiger partial charge on any atom is 0.407 e. The van der Waals surface area contributed by atoms with E-state index in [2.05, 4.69) is 10.2 Å². The highest BCUT2D eigenvalue weighted by molar-refractivity contribution is 5.68. The number of hydrogen-bond acceptors (Lipinski definition) is 5. The highest BCUT2D eigenvalue weighted by Crippen LogP contribution is 2.23. The van der Waals surface area contributed by atoms with Crippen molar-refractivity contribution < 1.29 is 14.5 Å². The fourth-order valence-corrected chi connectivity index (χ4v) is 2.37. The molecule has 7 nitrogen and oxygen atoms in total. The van der Waals surface area contributed by atoms with Gasteiger partial charge in [-0.1, -0.05) is 0 Å². The molecule has 1 atom stereocenters. The van der Waals surface area contributed by atoms with E-state index in [1.54, 1.807) is 12.1 Å². The highest BCUT2D eigenvalue weighted by Gasteiger charge is 2.26. The molecule has 1 aromatic carbocycles. The number of anilines is 1. The van der Waals surface area contributed by atoms with Crippen LogP contribution in [0.3, 0.4) is 0 Å². The van der Waals surface area contributed by atoms with Gasteiger partial charge in [0.15, 0.2) is 0 Å². The van der Waals surface area contributed by atoms with Gasteiger partial charge >= 0.3 is 6.09 Å². The van der Waals surface area contributed by atoms with Crippen LogP contribution in [0.15, 0.2) is 24.3 Å². The van der Waals surface area contributed by atoms with Crippen LogP contribution in [-0.4, -0.2) is 35.7 Å². The predicted molar refractivity (Wildman–Crippen MR) is 83.1 cm³/mol. The van der Waals surface area contributed by atoms with Crippen LogP contribution in [0.5, 0.6) is 0 Å². The first-order valence-corrected chi connectivity index (χ1v) is 7.23. The second-order valence-electron chi connectivity index (χ2n) is 6.35. The Morgan fingerprint density at radius 1 is 1.36 bits per heavy atom. The molecule has 1 N–H and O–H groups in total. The van der Waals surface area contributed by atoms with E-state index >= 15 is 0 Å². The second kappa shape index (κ2) is 6.21. The zero-order chi connectivity index (χ0) is 16.3. The van der Waals surface area contributed by atoms with Crippen molar-refractivity contribution >= 4 is 17.5 Å². The molecule has 7 heteroatoms. The molecule has 0 radical (unpaired) electrons. The summed E-state index contributed by atoms with van der Waals surface area (Å²) in [6.45, 7) is 6.93.